The van der Waals surface area contributed by atoms with Gasteiger partial charge in [0.05, 0.1) is 12.4 Å². The number of imidazole rings is 1. The van der Waals surface area contributed by atoms with Crippen LogP contribution < -0.4 is 10.8 Å². The molecular weight excluding hydrogens is 429 g/mol. The lowest BCUT2D eigenvalue weighted by atomic mass is 9.98. The zero-order chi connectivity index (χ0) is 23.6. The molecule has 0 unspecified atom stereocenters. The summed E-state index contributed by atoms with van der Waals surface area (Å²) in [6, 6.07) is 2.91. The van der Waals surface area contributed by atoms with Crippen LogP contribution in [0.1, 0.15) is 33.6 Å². The standard InChI is InChI=1S/C22H28FN7O3/c1-22(2,3)33-21(31)29-8-4-5-14(12-29)9-25-19-16(28-32)10-26-20(27-19)17-11-24-18-7-6-15(23)13-30(17)18/h6-7,10-11,13-14,28,32H,4-5,8-9,12H2,1-3H3,(H,25,26,27)/t14-/m0/s1. The number of anilines is 2. The molecule has 1 aliphatic rings. The topological polar surface area (TPSA) is 117 Å². The number of fused-ring (bicyclic) bond motifs is 1. The van der Waals surface area contributed by atoms with Crippen LogP contribution in [0.25, 0.3) is 17.2 Å². The number of hydrogen-bond acceptors (Lipinski definition) is 8. The van der Waals surface area contributed by atoms with E-state index in [0.717, 1.165) is 12.8 Å². The number of piperidine rings is 1. The summed E-state index contributed by atoms with van der Waals surface area (Å²) in [5.74, 6) is 0.499. The molecule has 0 aliphatic carbocycles. The van der Waals surface area contributed by atoms with E-state index < -0.39 is 11.4 Å². The van der Waals surface area contributed by atoms with Crippen molar-refractivity contribution in [2.75, 3.05) is 30.4 Å². The molecule has 11 heteroatoms. The van der Waals surface area contributed by atoms with Crippen LogP contribution in [0.15, 0.2) is 30.7 Å². The average Bonchev–Trinajstić information content (AvgIpc) is 3.19. The molecule has 33 heavy (non-hydrogen) atoms. The van der Waals surface area contributed by atoms with Gasteiger partial charge in [-0.3, -0.25) is 15.1 Å². The molecule has 3 N–H and O–H groups in total. The Kier molecular flexibility index (Phi) is 6.32. The zero-order valence-corrected chi connectivity index (χ0v) is 18.9. The normalized spacial score (nSPS) is 16.6. The van der Waals surface area contributed by atoms with Gasteiger partial charge in [0.1, 0.15) is 28.4 Å². The maximum atomic E-state index is 13.7. The highest BCUT2D eigenvalue weighted by Gasteiger charge is 2.27. The largest absolute Gasteiger partial charge is 0.444 e. The predicted octanol–water partition coefficient (Wildman–Crippen LogP) is 3.79. The SMILES string of the molecule is CC(C)(C)OC(=O)N1CCC[C@@H](CNc2nc(-c3cnc4ccc(F)cn34)ncc2NO)C1. The summed E-state index contributed by atoms with van der Waals surface area (Å²) < 4.78 is 20.8. The van der Waals surface area contributed by atoms with E-state index in [9.17, 15) is 14.4 Å². The van der Waals surface area contributed by atoms with Crippen LogP contribution in [0, 0.1) is 11.7 Å². The highest BCUT2D eigenvalue weighted by atomic mass is 19.1. The van der Waals surface area contributed by atoms with Gasteiger partial charge >= 0.3 is 6.09 Å². The number of hydrogen-bond donors (Lipinski definition) is 3. The number of amides is 1. The van der Waals surface area contributed by atoms with Crippen molar-refractivity contribution in [3.8, 4) is 11.5 Å². The Morgan fingerprint density at radius 2 is 2.12 bits per heavy atom. The van der Waals surface area contributed by atoms with Gasteiger partial charge in [0, 0.05) is 25.8 Å². The van der Waals surface area contributed by atoms with Crippen molar-refractivity contribution in [2.24, 2.45) is 5.92 Å². The molecule has 1 fully saturated rings. The van der Waals surface area contributed by atoms with Crippen molar-refractivity contribution in [3.63, 3.8) is 0 Å². The Labute approximate surface area is 190 Å². The smallest absolute Gasteiger partial charge is 0.410 e. The summed E-state index contributed by atoms with van der Waals surface area (Å²) in [6.07, 6.45) is 5.84. The molecule has 176 valence electrons. The summed E-state index contributed by atoms with van der Waals surface area (Å²) in [4.78, 5) is 27.2. The third-order valence-corrected chi connectivity index (χ3v) is 5.34. The average molecular weight is 458 g/mol. The summed E-state index contributed by atoms with van der Waals surface area (Å²) >= 11 is 0. The van der Waals surface area contributed by atoms with E-state index in [1.54, 1.807) is 21.6 Å². The monoisotopic (exact) mass is 457 g/mol. The lowest BCUT2D eigenvalue weighted by Gasteiger charge is -2.34. The van der Waals surface area contributed by atoms with E-state index in [-0.39, 0.29) is 12.0 Å². The summed E-state index contributed by atoms with van der Waals surface area (Å²) in [7, 11) is 0. The molecule has 3 aromatic rings. The number of carbonyl (C=O) groups is 1. The fourth-order valence-electron chi connectivity index (χ4n) is 3.81. The van der Waals surface area contributed by atoms with Crippen LogP contribution in [-0.4, -0.2) is 60.8 Å². The van der Waals surface area contributed by atoms with Crippen LogP contribution >= 0.6 is 0 Å². The number of ether oxygens (including phenoxy) is 1. The molecule has 10 nitrogen and oxygen atoms in total. The van der Waals surface area contributed by atoms with Gasteiger partial charge in [-0.15, -0.1) is 0 Å². The first-order valence-corrected chi connectivity index (χ1v) is 10.9. The Balaban J connectivity index is 1.49. The molecule has 4 rings (SSSR count). The molecule has 4 heterocycles. The van der Waals surface area contributed by atoms with Crippen molar-refractivity contribution >= 4 is 23.2 Å². The molecular formula is C22H28FN7O3. The number of aromatic nitrogens is 4. The van der Waals surface area contributed by atoms with Crippen LogP contribution in [0.4, 0.5) is 20.7 Å². The molecule has 0 saturated carbocycles. The van der Waals surface area contributed by atoms with Crippen molar-refractivity contribution in [1.29, 1.82) is 0 Å². The second kappa shape index (κ2) is 9.18. The number of halogens is 1. The van der Waals surface area contributed by atoms with Gasteiger partial charge in [-0.2, -0.15) is 0 Å². The van der Waals surface area contributed by atoms with E-state index in [1.165, 1.54) is 18.5 Å². The summed E-state index contributed by atoms with van der Waals surface area (Å²) in [5, 5.41) is 12.7. The molecule has 0 aromatic carbocycles. The van der Waals surface area contributed by atoms with E-state index in [0.29, 0.717) is 48.3 Å². The Morgan fingerprint density at radius 3 is 2.88 bits per heavy atom. The van der Waals surface area contributed by atoms with E-state index in [4.69, 9.17) is 4.74 Å². The first-order valence-electron chi connectivity index (χ1n) is 10.9. The molecule has 1 atom stereocenters. The predicted molar refractivity (Wildman–Crippen MR) is 121 cm³/mol. The number of nitrogens with zero attached hydrogens (tertiary/aromatic N) is 5. The van der Waals surface area contributed by atoms with E-state index in [2.05, 4.69) is 25.7 Å². The van der Waals surface area contributed by atoms with Crippen molar-refractivity contribution in [1.82, 2.24) is 24.3 Å². The fraction of sp³-hybridized carbons (Fsp3) is 0.455. The lowest BCUT2D eigenvalue weighted by Crippen LogP contribution is -2.44. The van der Waals surface area contributed by atoms with Gasteiger partial charge in [-0.05, 0) is 51.7 Å². The maximum absolute atomic E-state index is 13.7. The molecule has 0 bridgehead atoms. The van der Waals surface area contributed by atoms with Gasteiger partial charge in [-0.25, -0.2) is 24.1 Å². The van der Waals surface area contributed by atoms with Crippen molar-refractivity contribution < 1.29 is 19.1 Å². The summed E-state index contributed by atoms with van der Waals surface area (Å²) in [5.41, 5.74) is 2.95. The van der Waals surface area contributed by atoms with Gasteiger partial charge in [0.2, 0.25) is 0 Å². The quantitative estimate of drug-likeness (QED) is 0.496. The molecule has 0 spiro atoms. The van der Waals surface area contributed by atoms with Crippen LogP contribution in [0.5, 0.6) is 0 Å². The van der Waals surface area contributed by atoms with Crippen molar-refractivity contribution in [3.05, 3.63) is 36.5 Å². The molecule has 1 aliphatic heterocycles. The first-order chi connectivity index (χ1) is 15.7. The fourth-order valence-corrected chi connectivity index (χ4v) is 3.81. The minimum Gasteiger partial charge on any atom is -0.444 e. The Bertz CT molecular complexity index is 1140. The Morgan fingerprint density at radius 1 is 1.30 bits per heavy atom. The highest BCUT2D eigenvalue weighted by Crippen LogP contribution is 2.25. The third-order valence-electron chi connectivity index (χ3n) is 5.34. The second-order valence-corrected chi connectivity index (χ2v) is 9.10. The Hall–Kier alpha value is -3.47. The van der Waals surface area contributed by atoms with Crippen LogP contribution in [0.2, 0.25) is 0 Å². The van der Waals surface area contributed by atoms with Gasteiger partial charge < -0.3 is 15.0 Å². The highest BCUT2D eigenvalue weighted by molar-refractivity contribution is 5.68. The van der Waals surface area contributed by atoms with Crippen LogP contribution in [-0.2, 0) is 4.74 Å². The number of likely N-dealkylation sites (tertiary alicyclic amines) is 1. The number of nitrogens with one attached hydrogen (secondary N) is 2. The molecule has 3 aromatic heterocycles. The number of pyridine rings is 1. The van der Waals surface area contributed by atoms with E-state index >= 15 is 0 Å². The molecule has 0 radical (unpaired) electrons. The maximum Gasteiger partial charge on any atom is 0.410 e. The van der Waals surface area contributed by atoms with E-state index in [1.807, 2.05) is 20.8 Å². The summed E-state index contributed by atoms with van der Waals surface area (Å²) in [6.45, 7) is 7.31. The van der Waals surface area contributed by atoms with Crippen LogP contribution in [0.3, 0.4) is 0 Å². The third kappa shape index (κ3) is 5.30. The number of carbonyl (C=O) groups excluding carboxylic acids is 1. The van der Waals surface area contributed by atoms with Gasteiger partial charge in [0.15, 0.2) is 11.6 Å². The van der Waals surface area contributed by atoms with Crippen molar-refractivity contribution in [2.45, 2.75) is 39.2 Å². The number of rotatable bonds is 5. The first kappa shape index (κ1) is 22.7. The molecule has 1 saturated heterocycles. The zero-order valence-electron chi connectivity index (χ0n) is 18.9. The molecule has 1 amide bonds. The van der Waals surface area contributed by atoms with Gasteiger partial charge in [-0.1, -0.05) is 0 Å². The lowest BCUT2D eigenvalue weighted by molar-refractivity contribution is 0.0172. The van der Waals surface area contributed by atoms with Gasteiger partial charge in [0.25, 0.3) is 0 Å². The minimum absolute atomic E-state index is 0.182. The minimum atomic E-state index is -0.540. The second-order valence-electron chi connectivity index (χ2n) is 9.10.